The van der Waals surface area contributed by atoms with Crippen LogP contribution in [0.1, 0.15) is 75.2 Å². The topological polar surface area (TPSA) is 68.1 Å². The average Bonchev–Trinajstić information content (AvgIpc) is 3.30. The van der Waals surface area contributed by atoms with Crippen LogP contribution in [0.3, 0.4) is 0 Å². The molecule has 1 N–H and O–H groups in total. The summed E-state index contributed by atoms with van der Waals surface area (Å²) < 4.78 is 22.2. The standard InChI is InChI=1S/C33H43FN4O3/c1-23(2)25-9-12-27(13-10-25)37-17-15-28(16-18-37)38-31-14-11-26(34)19-29(31)30(20-36-40-3)32(38)21-35-33(39)41-22-24-7-5-4-6-8-24/h4-8,11,14,19-20,23,25,27-28H,9-10,12-13,15-18,21-22H2,1-3H3,(H,35,39). The van der Waals surface area contributed by atoms with Crippen molar-refractivity contribution in [3.63, 3.8) is 0 Å². The molecule has 220 valence electrons. The largest absolute Gasteiger partial charge is 0.445 e. The minimum atomic E-state index is -0.502. The second-order valence-electron chi connectivity index (χ2n) is 11.8. The maximum atomic E-state index is 14.5. The zero-order chi connectivity index (χ0) is 28.8. The monoisotopic (exact) mass is 562 g/mol. The van der Waals surface area contributed by atoms with Gasteiger partial charge in [-0.3, -0.25) is 0 Å². The molecule has 1 saturated heterocycles. The highest BCUT2D eigenvalue weighted by Crippen LogP contribution is 2.37. The molecule has 0 radical (unpaired) electrons. The molecule has 0 atom stereocenters. The molecule has 2 heterocycles. The number of oxime groups is 1. The number of hydrogen-bond donors (Lipinski definition) is 1. The molecule has 0 bridgehead atoms. The molecular formula is C33H43FN4O3. The summed E-state index contributed by atoms with van der Waals surface area (Å²) >= 11 is 0. The van der Waals surface area contributed by atoms with E-state index in [1.54, 1.807) is 12.3 Å². The second-order valence-corrected chi connectivity index (χ2v) is 11.8. The van der Waals surface area contributed by atoms with Crippen LogP contribution in [0.2, 0.25) is 0 Å². The number of likely N-dealkylation sites (tertiary alicyclic amines) is 1. The molecule has 41 heavy (non-hydrogen) atoms. The van der Waals surface area contributed by atoms with Crippen LogP contribution in [0.4, 0.5) is 9.18 Å². The Balaban J connectivity index is 1.34. The summed E-state index contributed by atoms with van der Waals surface area (Å²) in [5.74, 6) is 1.32. The summed E-state index contributed by atoms with van der Waals surface area (Å²) in [4.78, 5) is 20.4. The summed E-state index contributed by atoms with van der Waals surface area (Å²) in [6.45, 7) is 7.20. The summed E-state index contributed by atoms with van der Waals surface area (Å²) in [7, 11) is 1.49. The van der Waals surface area contributed by atoms with Crippen LogP contribution < -0.4 is 5.32 Å². The van der Waals surface area contributed by atoms with E-state index in [0.717, 1.165) is 65.5 Å². The van der Waals surface area contributed by atoms with Crippen molar-refractivity contribution in [1.29, 1.82) is 0 Å². The van der Waals surface area contributed by atoms with Crippen molar-refractivity contribution in [2.24, 2.45) is 17.0 Å². The molecule has 1 aliphatic heterocycles. The first-order chi connectivity index (χ1) is 19.9. The number of alkyl carbamates (subject to hydrolysis) is 1. The number of nitrogens with one attached hydrogen (secondary N) is 1. The number of benzene rings is 2. The molecule has 0 unspecified atom stereocenters. The van der Waals surface area contributed by atoms with E-state index in [2.05, 4.69) is 33.8 Å². The normalized spacial score (nSPS) is 20.6. The Kier molecular flexibility index (Phi) is 9.60. The van der Waals surface area contributed by atoms with Crippen molar-refractivity contribution in [3.8, 4) is 0 Å². The van der Waals surface area contributed by atoms with Crippen molar-refractivity contribution < 1.29 is 18.8 Å². The zero-order valence-electron chi connectivity index (χ0n) is 24.5. The van der Waals surface area contributed by atoms with Crippen molar-refractivity contribution >= 4 is 23.2 Å². The molecule has 1 aromatic heterocycles. The van der Waals surface area contributed by atoms with E-state index < -0.39 is 6.09 Å². The third-order valence-corrected chi connectivity index (χ3v) is 9.07. The summed E-state index contributed by atoms with van der Waals surface area (Å²) in [5.41, 5.74) is 3.48. The van der Waals surface area contributed by atoms with Crippen molar-refractivity contribution in [3.05, 3.63) is 71.2 Å². The van der Waals surface area contributed by atoms with Crippen molar-refractivity contribution in [2.75, 3.05) is 20.2 Å². The Morgan fingerprint density at radius 1 is 1.05 bits per heavy atom. The predicted molar refractivity (Wildman–Crippen MR) is 160 cm³/mol. The van der Waals surface area contributed by atoms with Crippen LogP contribution in [-0.4, -0.2) is 48.0 Å². The van der Waals surface area contributed by atoms with Crippen LogP contribution in [0.5, 0.6) is 0 Å². The van der Waals surface area contributed by atoms with Crippen LogP contribution in [0, 0.1) is 17.7 Å². The lowest BCUT2D eigenvalue weighted by Gasteiger charge is -2.42. The highest BCUT2D eigenvalue weighted by molar-refractivity contribution is 6.01. The molecule has 2 aliphatic rings. The number of amides is 1. The van der Waals surface area contributed by atoms with Crippen LogP contribution in [0.15, 0.2) is 53.7 Å². The third kappa shape index (κ3) is 6.92. The zero-order valence-corrected chi connectivity index (χ0v) is 24.5. The number of halogens is 1. The highest BCUT2D eigenvalue weighted by atomic mass is 19.1. The Hall–Kier alpha value is -3.39. The van der Waals surface area contributed by atoms with E-state index >= 15 is 0 Å². The molecule has 7 nitrogen and oxygen atoms in total. The number of carbonyl (C=O) groups excluding carboxylic acids is 1. The molecule has 1 aliphatic carbocycles. The van der Waals surface area contributed by atoms with E-state index in [9.17, 15) is 9.18 Å². The van der Waals surface area contributed by atoms with Gasteiger partial charge in [0.15, 0.2) is 0 Å². The summed E-state index contributed by atoms with van der Waals surface area (Å²) in [5, 5.41) is 7.71. The molecular weight excluding hydrogens is 519 g/mol. The van der Waals surface area contributed by atoms with Gasteiger partial charge in [0.05, 0.1) is 12.8 Å². The maximum Gasteiger partial charge on any atom is 0.407 e. The average molecular weight is 563 g/mol. The van der Waals surface area contributed by atoms with E-state index in [1.165, 1.54) is 38.9 Å². The Morgan fingerprint density at radius 3 is 2.46 bits per heavy atom. The molecule has 2 aromatic carbocycles. The number of rotatable bonds is 9. The van der Waals surface area contributed by atoms with Crippen LogP contribution in [0.25, 0.3) is 10.9 Å². The summed E-state index contributed by atoms with van der Waals surface area (Å²) in [6.07, 6.45) is 8.34. The fourth-order valence-corrected chi connectivity index (χ4v) is 6.78. The first-order valence-electron chi connectivity index (χ1n) is 15.0. The highest BCUT2D eigenvalue weighted by Gasteiger charge is 2.32. The lowest BCUT2D eigenvalue weighted by molar-refractivity contribution is 0.0888. The van der Waals surface area contributed by atoms with Crippen LogP contribution >= 0.6 is 0 Å². The Morgan fingerprint density at radius 2 is 1.78 bits per heavy atom. The fraction of sp³-hybridized carbons (Fsp3) is 0.515. The van der Waals surface area contributed by atoms with Gasteiger partial charge in [-0.05, 0) is 74.1 Å². The number of ether oxygens (including phenoxy) is 1. The second kappa shape index (κ2) is 13.5. The molecule has 8 heteroatoms. The number of piperidine rings is 1. The molecule has 0 spiro atoms. The lowest BCUT2D eigenvalue weighted by atomic mass is 9.79. The Bertz CT molecular complexity index is 1320. The van der Waals surface area contributed by atoms with Gasteiger partial charge in [0, 0.05) is 47.3 Å². The minimum Gasteiger partial charge on any atom is -0.445 e. The first-order valence-corrected chi connectivity index (χ1v) is 15.0. The number of nitrogens with zero attached hydrogens (tertiary/aromatic N) is 3. The van der Waals surface area contributed by atoms with Gasteiger partial charge in [-0.1, -0.05) is 49.3 Å². The molecule has 5 rings (SSSR count). The summed E-state index contributed by atoms with van der Waals surface area (Å²) in [6, 6.07) is 15.4. The van der Waals surface area contributed by atoms with E-state index in [4.69, 9.17) is 9.57 Å². The smallest absolute Gasteiger partial charge is 0.407 e. The Labute approximate surface area is 242 Å². The number of aromatic nitrogens is 1. The quantitative estimate of drug-likeness (QED) is 0.224. The fourth-order valence-electron chi connectivity index (χ4n) is 6.78. The van der Waals surface area contributed by atoms with E-state index in [-0.39, 0.29) is 25.0 Å². The van der Waals surface area contributed by atoms with E-state index in [0.29, 0.717) is 6.04 Å². The van der Waals surface area contributed by atoms with E-state index in [1.807, 2.05) is 36.4 Å². The van der Waals surface area contributed by atoms with Gasteiger partial charge in [-0.15, -0.1) is 0 Å². The van der Waals surface area contributed by atoms with Gasteiger partial charge in [0.1, 0.15) is 19.5 Å². The van der Waals surface area contributed by atoms with Gasteiger partial charge in [0.2, 0.25) is 0 Å². The predicted octanol–water partition coefficient (Wildman–Crippen LogP) is 7.04. The minimum absolute atomic E-state index is 0.191. The number of hydrogen-bond acceptors (Lipinski definition) is 5. The van der Waals surface area contributed by atoms with Crippen molar-refractivity contribution in [1.82, 2.24) is 14.8 Å². The number of fused-ring (bicyclic) bond motifs is 1. The SMILES string of the molecule is CON=Cc1c(CNC(=O)OCc2ccccc2)n(C2CCN(C3CCC(C(C)C)CC3)CC2)c2ccc(F)cc12. The van der Waals surface area contributed by atoms with Gasteiger partial charge in [-0.25, -0.2) is 9.18 Å². The van der Waals surface area contributed by atoms with Crippen LogP contribution in [-0.2, 0) is 22.7 Å². The first kappa shape index (κ1) is 29.1. The molecule has 1 saturated carbocycles. The van der Waals surface area contributed by atoms with Gasteiger partial charge >= 0.3 is 6.09 Å². The number of carbonyl (C=O) groups is 1. The lowest BCUT2D eigenvalue weighted by Crippen LogP contribution is -2.44. The van der Waals surface area contributed by atoms with Gasteiger partial charge < -0.3 is 24.4 Å². The molecule has 1 amide bonds. The maximum absolute atomic E-state index is 14.5. The van der Waals surface area contributed by atoms with Gasteiger partial charge in [0.25, 0.3) is 0 Å². The molecule has 3 aromatic rings. The molecule has 2 fully saturated rings. The van der Waals surface area contributed by atoms with Crippen molar-refractivity contribution in [2.45, 2.75) is 77.6 Å². The third-order valence-electron chi connectivity index (χ3n) is 9.07. The van der Waals surface area contributed by atoms with Gasteiger partial charge in [-0.2, -0.15) is 0 Å².